The highest BCUT2D eigenvalue weighted by Gasteiger charge is 2.12. The summed E-state index contributed by atoms with van der Waals surface area (Å²) in [5.74, 6) is 1.73. The zero-order valence-electron chi connectivity index (χ0n) is 11.3. The molecule has 0 bridgehead atoms. The molecule has 0 amide bonds. The second kappa shape index (κ2) is 5.38. The van der Waals surface area contributed by atoms with Crippen LogP contribution in [-0.4, -0.2) is 19.5 Å². The van der Waals surface area contributed by atoms with Crippen molar-refractivity contribution < 1.29 is 0 Å². The molecule has 0 fully saturated rings. The Hall–Kier alpha value is -1.91. The minimum Gasteiger partial charge on any atom is -0.347 e. The molecular formula is C14H19N5. The Morgan fingerprint density at radius 3 is 3.05 bits per heavy atom. The molecule has 0 aromatic carbocycles. The summed E-state index contributed by atoms with van der Waals surface area (Å²) < 4.78 is 2.12. The molecule has 2 aromatic rings. The SMILES string of the molecule is CCn1ccnc1CNc1ncc2c(n1)CCCC2. The van der Waals surface area contributed by atoms with Crippen molar-refractivity contribution in [2.45, 2.75) is 45.7 Å². The van der Waals surface area contributed by atoms with Gasteiger partial charge < -0.3 is 9.88 Å². The van der Waals surface area contributed by atoms with Crippen molar-refractivity contribution >= 4 is 5.95 Å². The van der Waals surface area contributed by atoms with E-state index < -0.39 is 0 Å². The lowest BCUT2D eigenvalue weighted by Crippen LogP contribution is -2.12. The highest BCUT2D eigenvalue weighted by molar-refractivity contribution is 5.31. The fraction of sp³-hybridized carbons (Fsp3) is 0.500. The number of aromatic nitrogens is 4. The molecule has 0 radical (unpaired) electrons. The first-order chi connectivity index (χ1) is 9.36. The van der Waals surface area contributed by atoms with Gasteiger partial charge in [-0.25, -0.2) is 15.0 Å². The van der Waals surface area contributed by atoms with Gasteiger partial charge in [0.25, 0.3) is 0 Å². The number of nitrogens with one attached hydrogen (secondary N) is 1. The van der Waals surface area contributed by atoms with Crippen LogP contribution in [0.3, 0.4) is 0 Å². The van der Waals surface area contributed by atoms with E-state index in [4.69, 9.17) is 0 Å². The first kappa shape index (κ1) is 12.1. The molecule has 2 aromatic heterocycles. The van der Waals surface area contributed by atoms with E-state index in [0.717, 1.165) is 25.2 Å². The van der Waals surface area contributed by atoms with Crippen molar-refractivity contribution in [3.8, 4) is 0 Å². The summed E-state index contributed by atoms with van der Waals surface area (Å²) in [4.78, 5) is 13.3. The van der Waals surface area contributed by atoms with Gasteiger partial charge in [0, 0.05) is 30.8 Å². The summed E-state index contributed by atoms with van der Waals surface area (Å²) in [6, 6.07) is 0. The Kier molecular flexibility index (Phi) is 3.44. The standard InChI is InChI=1S/C14H19N5/c1-2-19-8-7-15-13(19)10-17-14-16-9-11-5-3-4-6-12(11)18-14/h7-9H,2-6,10H2,1H3,(H,16,17,18). The predicted molar refractivity (Wildman–Crippen MR) is 73.9 cm³/mol. The van der Waals surface area contributed by atoms with Gasteiger partial charge in [0.2, 0.25) is 5.95 Å². The van der Waals surface area contributed by atoms with E-state index in [1.54, 1.807) is 0 Å². The van der Waals surface area contributed by atoms with Crippen LogP contribution in [0.15, 0.2) is 18.6 Å². The third kappa shape index (κ3) is 2.59. The molecule has 1 aliphatic carbocycles. The minimum absolute atomic E-state index is 0.666. The molecule has 19 heavy (non-hydrogen) atoms. The van der Waals surface area contributed by atoms with Crippen molar-refractivity contribution in [3.63, 3.8) is 0 Å². The first-order valence-corrected chi connectivity index (χ1v) is 6.95. The molecule has 5 heteroatoms. The topological polar surface area (TPSA) is 55.6 Å². The lowest BCUT2D eigenvalue weighted by Gasteiger charge is -2.15. The average Bonchev–Trinajstić information content (AvgIpc) is 2.92. The molecule has 100 valence electrons. The van der Waals surface area contributed by atoms with Gasteiger partial charge in [-0.1, -0.05) is 0 Å². The van der Waals surface area contributed by atoms with Crippen LogP contribution < -0.4 is 5.32 Å². The number of rotatable bonds is 4. The van der Waals surface area contributed by atoms with E-state index in [1.165, 1.54) is 24.1 Å². The van der Waals surface area contributed by atoms with Gasteiger partial charge in [-0.15, -0.1) is 0 Å². The number of anilines is 1. The molecule has 2 heterocycles. The minimum atomic E-state index is 0.666. The van der Waals surface area contributed by atoms with Gasteiger partial charge in [0.05, 0.1) is 6.54 Å². The average molecular weight is 257 g/mol. The molecule has 1 aliphatic rings. The number of fused-ring (bicyclic) bond motifs is 1. The Labute approximate surface area is 113 Å². The second-order valence-electron chi connectivity index (χ2n) is 4.86. The Morgan fingerprint density at radius 2 is 2.16 bits per heavy atom. The van der Waals surface area contributed by atoms with Gasteiger partial charge in [-0.05, 0) is 38.2 Å². The van der Waals surface area contributed by atoms with Gasteiger partial charge in [0.15, 0.2) is 0 Å². The Morgan fingerprint density at radius 1 is 1.26 bits per heavy atom. The summed E-state index contributed by atoms with van der Waals surface area (Å²) >= 11 is 0. The molecule has 5 nitrogen and oxygen atoms in total. The number of nitrogens with zero attached hydrogens (tertiary/aromatic N) is 4. The molecule has 0 saturated carbocycles. The summed E-state index contributed by atoms with van der Waals surface area (Å²) in [6.07, 6.45) is 10.5. The highest BCUT2D eigenvalue weighted by atomic mass is 15.1. The van der Waals surface area contributed by atoms with E-state index in [9.17, 15) is 0 Å². The van der Waals surface area contributed by atoms with Crippen LogP contribution in [0.5, 0.6) is 0 Å². The van der Waals surface area contributed by atoms with Crippen LogP contribution >= 0.6 is 0 Å². The van der Waals surface area contributed by atoms with Crippen molar-refractivity contribution in [2.75, 3.05) is 5.32 Å². The number of hydrogen-bond acceptors (Lipinski definition) is 4. The van der Waals surface area contributed by atoms with Crippen LogP contribution in [0, 0.1) is 0 Å². The Balaban J connectivity index is 1.70. The maximum Gasteiger partial charge on any atom is 0.223 e. The van der Waals surface area contributed by atoms with Crippen molar-refractivity contribution in [2.24, 2.45) is 0 Å². The fourth-order valence-corrected chi connectivity index (χ4v) is 2.51. The van der Waals surface area contributed by atoms with Crippen molar-refractivity contribution in [1.82, 2.24) is 19.5 Å². The summed E-state index contributed by atoms with van der Waals surface area (Å²) in [5.41, 5.74) is 2.52. The molecule has 3 rings (SSSR count). The van der Waals surface area contributed by atoms with E-state index in [1.807, 2.05) is 18.6 Å². The normalized spacial score (nSPS) is 14.2. The summed E-state index contributed by atoms with van der Waals surface area (Å²) in [6.45, 7) is 3.71. The van der Waals surface area contributed by atoms with Crippen LogP contribution in [0.25, 0.3) is 0 Å². The molecule has 0 saturated heterocycles. The molecule has 0 atom stereocenters. The summed E-state index contributed by atoms with van der Waals surface area (Å²) in [5, 5.41) is 3.27. The van der Waals surface area contributed by atoms with Gasteiger partial charge in [-0.3, -0.25) is 0 Å². The maximum absolute atomic E-state index is 4.61. The van der Waals surface area contributed by atoms with Crippen molar-refractivity contribution in [3.05, 3.63) is 35.7 Å². The second-order valence-corrected chi connectivity index (χ2v) is 4.86. The monoisotopic (exact) mass is 257 g/mol. The third-order valence-electron chi connectivity index (χ3n) is 3.61. The smallest absolute Gasteiger partial charge is 0.223 e. The lowest BCUT2D eigenvalue weighted by molar-refractivity contribution is 0.661. The van der Waals surface area contributed by atoms with E-state index in [0.29, 0.717) is 12.5 Å². The maximum atomic E-state index is 4.61. The lowest BCUT2D eigenvalue weighted by atomic mass is 9.98. The summed E-state index contributed by atoms with van der Waals surface area (Å²) in [7, 11) is 0. The molecular weight excluding hydrogens is 238 g/mol. The van der Waals surface area contributed by atoms with Crippen LogP contribution in [-0.2, 0) is 25.9 Å². The zero-order valence-corrected chi connectivity index (χ0v) is 11.3. The van der Waals surface area contributed by atoms with E-state index >= 15 is 0 Å². The number of imidazole rings is 1. The third-order valence-corrected chi connectivity index (χ3v) is 3.61. The fourth-order valence-electron chi connectivity index (χ4n) is 2.51. The van der Waals surface area contributed by atoms with Crippen molar-refractivity contribution in [1.29, 1.82) is 0 Å². The van der Waals surface area contributed by atoms with E-state index in [-0.39, 0.29) is 0 Å². The van der Waals surface area contributed by atoms with E-state index in [2.05, 4.69) is 31.8 Å². The quantitative estimate of drug-likeness (QED) is 0.912. The number of aryl methyl sites for hydroxylation is 3. The van der Waals surface area contributed by atoms with Gasteiger partial charge in [-0.2, -0.15) is 0 Å². The van der Waals surface area contributed by atoms with Gasteiger partial charge >= 0.3 is 0 Å². The first-order valence-electron chi connectivity index (χ1n) is 6.95. The molecule has 1 N–H and O–H groups in total. The zero-order chi connectivity index (χ0) is 13.1. The van der Waals surface area contributed by atoms with Crippen LogP contribution in [0.4, 0.5) is 5.95 Å². The van der Waals surface area contributed by atoms with Crippen LogP contribution in [0.1, 0.15) is 36.8 Å². The number of hydrogen-bond donors (Lipinski definition) is 1. The molecule has 0 spiro atoms. The largest absolute Gasteiger partial charge is 0.347 e. The van der Waals surface area contributed by atoms with Gasteiger partial charge in [0.1, 0.15) is 5.82 Å². The molecule has 0 unspecified atom stereocenters. The Bertz CT molecular complexity index is 561. The predicted octanol–water partition coefficient (Wildman–Crippen LogP) is 2.18. The van der Waals surface area contributed by atoms with Crippen LogP contribution in [0.2, 0.25) is 0 Å². The molecule has 0 aliphatic heterocycles. The highest BCUT2D eigenvalue weighted by Crippen LogP contribution is 2.19.